The van der Waals surface area contributed by atoms with Gasteiger partial charge in [0.15, 0.2) is 0 Å². The molecule has 1 aromatic rings. The van der Waals surface area contributed by atoms with Crippen LogP contribution in [0.15, 0.2) is 24.3 Å². The molecule has 0 aromatic heterocycles. The molecule has 2 saturated heterocycles. The Labute approximate surface area is 132 Å². The van der Waals surface area contributed by atoms with Crippen LogP contribution in [0.4, 0.5) is 5.69 Å². The molecule has 5 heteroatoms. The van der Waals surface area contributed by atoms with Crippen molar-refractivity contribution >= 4 is 11.6 Å². The fraction of sp³-hybridized carbons (Fsp3) is 0.588. The van der Waals surface area contributed by atoms with Crippen LogP contribution < -0.4 is 15.4 Å². The van der Waals surface area contributed by atoms with E-state index in [1.54, 1.807) is 0 Å². The summed E-state index contributed by atoms with van der Waals surface area (Å²) in [6.07, 6.45) is 3.67. The number of hydrogen-bond acceptors (Lipinski definition) is 4. The van der Waals surface area contributed by atoms with Gasteiger partial charge in [-0.05, 0) is 50.5 Å². The first-order valence-electron chi connectivity index (χ1n) is 8.24. The summed E-state index contributed by atoms with van der Waals surface area (Å²) in [7, 11) is 0. The van der Waals surface area contributed by atoms with E-state index in [2.05, 4.69) is 15.5 Å². The van der Waals surface area contributed by atoms with Crippen molar-refractivity contribution < 1.29 is 9.53 Å². The van der Waals surface area contributed by atoms with E-state index in [0.717, 1.165) is 30.9 Å². The number of carbonyl (C=O) groups is 1. The number of nitrogens with zero attached hydrogens (tertiary/aromatic N) is 1. The van der Waals surface area contributed by atoms with Gasteiger partial charge in [0.05, 0.1) is 13.2 Å². The number of benzene rings is 1. The lowest BCUT2D eigenvalue weighted by Crippen LogP contribution is -2.39. The summed E-state index contributed by atoms with van der Waals surface area (Å²) in [5, 5.41) is 6.60. The third-order valence-electron chi connectivity index (χ3n) is 4.42. The van der Waals surface area contributed by atoms with E-state index in [1.807, 2.05) is 31.2 Å². The Bertz CT molecular complexity index is 503. The fourth-order valence-electron chi connectivity index (χ4n) is 3.36. The Balaban J connectivity index is 1.49. The van der Waals surface area contributed by atoms with Crippen molar-refractivity contribution in [1.82, 2.24) is 10.2 Å². The Morgan fingerprint density at radius 2 is 2.05 bits per heavy atom. The number of ether oxygens (including phenoxy) is 1. The van der Waals surface area contributed by atoms with Gasteiger partial charge >= 0.3 is 0 Å². The topological polar surface area (TPSA) is 53.6 Å². The lowest BCUT2D eigenvalue weighted by molar-refractivity contribution is -0.117. The van der Waals surface area contributed by atoms with Crippen LogP contribution in [-0.2, 0) is 4.79 Å². The third-order valence-corrected chi connectivity index (χ3v) is 4.42. The maximum absolute atomic E-state index is 12.2. The average Bonchev–Trinajstić information content (AvgIpc) is 2.84. The maximum atomic E-state index is 12.2. The summed E-state index contributed by atoms with van der Waals surface area (Å²) in [4.78, 5) is 14.5. The van der Waals surface area contributed by atoms with E-state index in [0.29, 0.717) is 25.2 Å². The molecule has 2 N–H and O–H groups in total. The van der Waals surface area contributed by atoms with Gasteiger partial charge in [0.25, 0.3) is 0 Å². The molecule has 2 aliphatic heterocycles. The molecule has 22 heavy (non-hydrogen) atoms. The average molecular weight is 303 g/mol. The van der Waals surface area contributed by atoms with Gasteiger partial charge in [0, 0.05) is 30.9 Å². The number of fused-ring (bicyclic) bond motifs is 2. The van der Waals surface area contributed by atoms with Crippen LogP contribution in [0, 0.1) is 0 Å². The van der Waals surface area contributed by atoms with Crippen molar-refractivity contribution in [1.29, 1.82) is 0 Å². The molecule has 2 unspecified atom stereocenters. The molecule has 5 nitrogen and oxygen atoms in total. The molecule has 0 saturated carbocycles. The molecule has 1 aromatic carbocycles. The molecule has 3 rings (SSSR count). The zero-order valence-corrected chi connectivity index (χ0v) is 13.2. The second kappa shape index (κ2) is 7.11. The molecule has 0 spiro atoms. The second-order valence-electron chi connectivity index (χ2n) is 6.17. The highest BCUT2D eigenvalue weighted by Crippen LogP contribution is 2.20. The highest BCUT2D eigenvalue weighted by Gasteiger charge is 2.29. The number of amides is 1. The summed E-state index contributed by atoms with van der Waals surface area (Å²) >= 11 is 0. The molecule has 2 heterocycles. The molecular weight excluding hydrogens is 278 g/mol. The van der Waals surface area contributed by atoms with Crippen LogP contribution in [-0.4, -0.2) is 49.1 Å². The first-order chi connectivity index (χ1) is 10.7. The molecule has 120 valence electrons. The number of nitrogens with one attached hydrogen (secondary N) is 2. The third kappa shape index (κ3) is 3.99. The van der Waals surface area contributed by atoms with Crippen LogP contribution in [0.3, 0.4) is 0 Å². The highest BCUT2D eigenvalue weighted by atomic mass is 16.5. The Morgan fingerprint density at radius 1 is 1.27 bits per heavy atom. The number of carbonyl (C=O) groups excluding carboxylic acids is 1. The van der Waals surface area contributed by atoms with Crippen molar-refractivity contribution in [2.24, 2.45) is 0 Å². The summed E-state index contributed by atoms with van der Waals surface area (Å²) in [5.74, 6) is 0.886. The molecule has 2 bridgehead atoms. The van der Waals surface area contributed by atoms with Gasteiger partial charge in [-0.1, -0.05) is 0 Å². The largest absolute Gasteiger partial charge is 0.494 e. The summed E-state index contributed by atoms with van der Waals surface area (Å²) in [5.41, 5.74) is 0.822. The van der Waals surface area contributed by atoms with E-state index >= 15 is 0 Å². The van der Waals surface area contributed by atoms with Gasteiger partial charge in [-0.25, -0.2) is 0 Å². The molecule has 0 aliphatic carbocycles. The van der Waals surface area contributed by atoms with Crippen LogP contribution in [0.2, 0.25) is 0 Å². The van der Waals surface area contributed by atoms with Gasteiger partial charge in [-0.2, -0.15) is 0 Å². The molecule has 2 fully saturated rings. The van der Waals surface area contributed by atoms with Crippen molar-refractivity contribution in [2.45, 2.75) is 38.3 Å². The van der Waals surface area contributed by atoms with Crippen LogP contribution in [0.5, 0.6) is 5.75 Å². The molecule has 2 aliphatic rings. The Morgan fingerprint density at radius 3 is 2.82 bits per heavy atom. The number of anilines is 1. The van der Waals surface area contributed by atoms with Gasteiger partial charge in [-0.3, -0.25) is 9.69 Å². The standard InChI is InChI=1S/C17H25N3O2/c1-2-22-16-7-5-13(6-8-16)19-17(21)12-20-10-9-14-3-4-15(11-20)18-14/h5-8,14-15,18H,2-4,9-12H2,1H3,(H,19,21). The zero-order chi connectivity index (χ0) is 15.4. The Hall–Kier alpha value is -1.59. The molecule has 1 amide bonds. The summed E-state index contributed by atoms with van der Waals surface area (Å²) < 4.78 is 5.40. The van der Waals surface area contributed by atoms with Gasteiger partial charge in [0.1, 0.15) is 5.75 Å². The zero-order valence-electron chi connectivity index (χ0n) is 13.2. The van der Waals surface area contributed by atoms with Crippen molar-refractivity contribution in [3.63, 3.8) is 0 Å². The van der Waals surface area contributed by atoms with Crippen molar-refractivity contribution in [2.75, 3.05) is 31.6 Å². The minimum atomic E-state index is 0.0573. The van der Waals surface area contributed by atoms with E-state index in [4.69, 9.17) is 4.74 Å². The van der Waals surface area contributed by atoms with E-state index in [9.17, 15) is 4.79 Å². The monoisotopic (exact) mass is 303 g/mol. The van der Waals surface area contributed by atoms with Gasteiger partial charge in [-0.15, -0.1) is 0 Å². The number of hydrogen-bond donors (Lipinski definition) is 2. The Kier molecular flexibility index (Phi) is 4.95. The first kappa shape index (κ1) is 15.3. The van der Waals surface area contributed by atoms with Gasteiger partial charge < -0.3 is 15.4 Å². The predicted molar refractivity (Wildman–Crippen MR) is 87.2 cm³/mol. The minimum absolute atomic E-state index is 0.0573. The summed E-state index contributed by atoms with van der Waals surface area (Å²) in [6, 6.07) is 8.75. The quantitative estimate of drug-likeness (QED) is 0.872. The van der Waals surface area contributed by atoms with Gasteiger partial charge in [0.2, 0.25) is 5.91 Å². The second-order valence-corrected chi connectivity index (χ2v) is 6.17. The van der Waals surface area contributed by atoms with Crippen LogP contribution in [0.25, 0.3) is 0 Å². The lowest BCUT2D eigenvalue weighted by Gasteiger charge is -2.23. The van der Waals surface area contributed by atoms with Crippen LogP contribution >= 0.6 is 0 Å². The molecular formula is C17H25N3O2. The summed E-state index contributed by atoms with van der Waals surface area (Å²) in [6.45, 7) is 5.06. The number of likely N-dealkylation sites (tertiary alicyclic amines) is 1. The maximum Gasteiger partial charge on any atom is 0.238 e. The highest BCUT2D eigenvalue weighted by molar-refractivity contribution is 5.92. The predicted octanol–water partition coefficient (Wildman–Crippen LogP) is 1.85. The van der Waals surface area contributed by atoms with E-state index in [1.165, 1.54) is 12.8 Å². The molecule has 2 atom stereocenters. The normalized spacial score (nSPS) is 24.8. The molecule has 0 radical (unpaired) electrons. The SMILES string of the molecule is CCOc1ccc(NC(=O)CN2CCC3CCC(C2)N3)cc1. The smallest absolute Gasteiger partial charge is 0.238 e. The number of rotatable bonds is 5. The van der Waals surface area contributed by atoms with E-state index < -0.39 is 0 Å². The first-order valence-corrected chi connectivity index (χ1v) is 8.24. The van der Waals surface area contributed by atoms with Crippen molar-refractivity contribution in [3.05, 3.63) is 24.3 Å². The minimum Gasteiger partial charge on any atom is -0.494 e. The van der Waals surface area contributed by atoms with Crippen LogP contribution in [0.1, 0.15) is 26.2 Å². The fourth-order valence-corrected chi connectivity index (χ4v) is 3.36. The van der Waals surface area contributed by atoms with E-state index in [-0.39, 0.29) is 5.91 Å². The lowest BCUT2D eigenvalue weighted by atomic mass is 10.1. The van der Waals surface area contributed by atoms with Crippen molar-refractivity contribution in [3.8, 4) is 5.75 Å².